The zero-order valence-corrected chi connectivity index (χ0v) is 12.6. The molecule has 0 bridgehead atoms. The Balaban J connectivity index is -0.0000000720. The smallest absolute Gasteiger partial charge is 0.405 e. The molecule has 0 rings (SSSR count). The normalized spacial score (nSPS) is 8.00. The third kappa shape index (κ3) is 207. The molecule has 0 fully saturated rings. The average Bonchev–Trinajstić information content (AvgIpc) is 1.25. The molecule has 0 aromatic carbocycles. The van der Waals surface area contributed by atoms with Crippen LogP contribution in [0.4, 0.5) is 0 Å². The minimum Gasteiger partial charge on any atom is -0.405 e. The largest absolute Gasteiger partial charge is 2.00 e. The van der Waals surface area contributed by atoms with Gasteiger partial charge in [0, 0.05) is 0 Å². The molecule has 0 aromatic heterocycles. The summed E-state index contributed by atoms with van der Waals surface area (Å²) in [5, 5.41) is 0. The Labute approximate surface area is 81.9 Å². The Hall–Kier alpha value is 1.66. The second kappa shape index (κ2) is 12.3. The predicted molar refractivity (Wildman–Crippen MR) is 0 cm³/mol. The van der Waals surface area contributed by atoms with Crippen LogP contribution in [-0.4, -0.2) is 0 Å². The molecular weight excluding hydrogens is 456 g/mol. The molecule has 0 radical (unpaired) electrons. The van der Waals surface area contributed by atoms with Gasteiger partial charge in [-0.1, -0.05) is 0 Å². The van der Waals surface area contributed by atoms with Gasteiger partial charge in [0.25, 0.3) is 0 Å². The van der Waals surface area contributed by atoms with Crippen molar-refractivity contribution in [1.82, 2.24) is 0 Å². The van der Waals surface area contributed by atoms with Crippen molar-refractivity contribution in [2.75, 3.05) is 0 Å². The van der Waals surface area contributed by atoms with Crippen LogP contribution in [-0.2, 0) is 27.7 Å². The summed E-state index contributed by atoms with van der Waals surface area (Å²) in [5.41, 5.74) is 0. The summed E-state index contributed by atoms with van der Waals surface area (Å²) < 4.78 is 51.1. The summed E-state index contributed by atoms with van der Waals surface area (Å²) in [4.78, 5) is 0. The molecule has 0 atom stereocenters. The standard InChI is InChI=1S/2BrO3.Hg/c2*2-1(3)4;/q2*-1;+2. The van der Waals surface area contributed by atoms with E-state index in [1.807, 2.05) is 0 Å². The number of rotatable bonds is 0. The van der Waals surface area contributed by atoms with Gasteiger partial charge < -0.3 is 25.2 Å². The average molecular weight is 456 g/mol. The number of hydrogen-bond donors (Lipinski definition) is 0. The van der Waals surface area contributed by atoms with Gasteiger partial charge in [-0.05, 0) is 0 Å². The molecule has 52 valence electrons. The molecule has 0 aliphatic heterocycles. The Morgan fingerprint density at radius 2 is 0.556 bits per heavy atom. The Morgan fingerprint density at radius 3 is 0.556 bits per heavy atom. The van der Waals surface area contributed by atoms with Crippen molar-refractivity contribution in [2.24, 2.45) is 0 Å². The van der Waals surface area contributed by atoms with Crippen LogP contribution < -0.4 is 25.2 Å². The molecule has 0 amide bonds. The summed E-state index contributed by atoms with van der Waals surface area (Å²) in [6.07, 6.45) is 0. The molecule has 0 unspecified atom stereocenters. The maximum Gasteiger partial charge on any atom is 2.00 e. The third-order valence-corrected chi connectivity index (χ3v) is 0. The Bertz CT molecular complexity index is 26.5. The fourth-order valence-corrected chi connectivity index (χ4v) is 0. The summed E-state index contributed by atoms with van der Waals surface area (Å²) in [7, 11) is 0. The molecule has 9 heteroatoms. The van der Waals surface area contributed by atoms with Crippen LogP contribution in [0.2, 0.25) is 0 Å². The second-order valence-corrected chi connectivity index (χ2v) is 1.96. The SMILES string of the molecule is [Hg+2].[O-][Br+2]([O-])[O-].[O-][Br+2]([O-])[O-]. The van der Waals surface area contributed by atoms with E-state index in [9.17, 15) is 0 Å². The molecular formula is Br2HgO6. The fraction of sp³-hybridized carbons (Fsp3) is 0. The molecule has 0 N–H and O–H groups in total. The van der Waals surface area contributed by atoms with Crippen LogP contribution in [0.5, 0.6) is 0 Å². The minimum atomic E-state index is -3.65. The van der Waals surface area contributed by atoms with Crippen molar-refractivity contribution in [3.05, 3.63) is 0 Å². The van der Waals surface area contributed by atoms with E-state index in [0.717, 1.165) is 0 Å². The first-order chi connectivity index (χ1) is 3.46. The first-order valence-corrected chi connectivity index (χ1v) is 4.81. The van der Waals surface area contributed by atoms with Crippen molar-refractivity contribution in [3.63, 3.8) is 0 Å². The molecule has 9 heavy (non-hydrogen) atoms. The molecule has 0 spiro atoms. The van der Waals surface area contributed by atoms with E-state index < -0.39 is 29.6 Å². The summed E-state index contributed by atoms with van der Waals surface area (Å²) >= 11 is -7.29. The van der Waals surface area contributed by atoms with Gasteiger partial charge >= 0.3 is 27.7 Å². The van der Waals surface area contributed by atoms with Crippen LogP contribution in [0.1, 0.15) is 0 Å². The summed E-state index contributed by atoms with van der Waals surface area (Å²) in [6, 6.07) is 0. The first kappa shape index (κ1) is 16.9. The molecule has 6 nitrogen and oxygen atoms in total. The summed E-state index contributed by atoms with van der Waals surface area (Å²) in [5.74, 6) is 0. The minimum absolute atomic E-state index is 0. The van der Waals surface area contributed by atoms with Gasteiger partial charge in [-0.2, -0.15) is 0 Å². The van der Waals surface area contributed by atoms with Crippen LogP contribution in [0, 0.1) is 29.6 Å². The maximum absolute atomic E-state index is 8.52. The Morgan fingerprint density at radius 1 is 0.556 bits per heavy atom. The van der Waals surface area contributed by atoms with Gasteiger partial charge in [-0.25, -0.2) is 0 Å². The van der Waals surface area contributed by atoms with Gasteiger partial charge in [0.15, 0.2) is 0 Å². The van der Waals surface area contributed by atoms with E-state index in [0.29, 0.717) is 0 Å². The maximum atomic E-state index is 8.52. The van der Waals surface area contributed by atoms with Crippen LogP contribution in [0.25, 0.3) is 0 Å². The molecule has 0 aromatic rings. The van der Waals surface area contributed by atoms with Crippen LogP contribution >= 0.6 is 0 Å². The van der Waals surface area contributed by atoms with Gasteiger partial charge in [0.2, 0.25) is 29.6 Å². The van der Waals surface area contributed by atoms with Gasteiger partial charge in [-0.3, -0.25) is 0 Å². The fourth-order valence-electron chi connectivity index (χ4n) is 0. The van der Waals surface area contributed by atoms with E-state index in [2.05, 4.69) is 0 Å². The van der Waals surface area contributed by atoms with Gasteiger partial charge in [0.1, 0.15) is 0 Å². The van der Waals surface area contributed by atoms with Crippen molar-refractivity contribution in [3.8, 4) is 0 Å². The zero-order chi connectivity index (χ0) is 7.15. The van der Waals surface area contributed by atoms with Crippen molar-refractivity contribution >= 4 is 0 Å². The molecule has 0 aliphatic carbocycles. The number of halogens is 2. The first-order valence-electron chi connectivity index (χ1n) is 0.926. The molecule has 0 saturated heterocycles. The van der Waals surface area contributed by atoms with Crippen molar-refractivity contribution in [2.45, 2.75) is 0 Å². The topological polar surface area (TPSA) is 138 Å². The summed E-state index contributed by atoms with van der Waals surface area (Å²) in [6.45, 7) is 0. The molecule has 0 saturated carbocycles. The van der Waals surface area contributed by atoms with E-state index in [4.69, 9.17) is 25.2 Å². The van der Waals surface area contributed by atoms with E-state index >= 15 is 0 Å². The molecule has 0 aliphatic rings. The van der Waals surface area contributed by atoms with Crippen LogP contribution in [0.3, 0.4) is 0 Å². The van der Waals surface area contributed by atoms with E-state index in [1.165, 1.54) is 0 Å². The Kier molecular flexibility index (Phi) is 23.2. The van der Waals surface area contributed by atoms with E-state index in [1.54, 1.807) is 0 Å². The molecule has 0 heterocycles. The van der Waals surface area contributed by atoms with Crippen molar-refractivity contribution in [1.29, 1.82) is 0 Å². The quantitative estimate of drug-likeness (QED) is 0.332. The van der Waals surface area contributed by atoms with Gasteiger partial charge in [0.05, 0.1) is 0 Å². The second-order valence-electron chi connectivity index (χ2n) is 0.378. The van der Waals surface area contributed by atoms with Crippen LogP contribution in [0.15, 0.2) is 0 Å². The third-order valence-electron chi connectivity index (χ3n) is 0. The van der Waals surface area contributed by atoms with Crippen molar-refractivity contribution < 1.29 is 82.5 Å². The monoisotopic (exact) mass is 456 g/mol. The number of hydrogen-bond acceptors (Lipinski definition) is 6. The zero-order valence-electron chi connectivity index (χ0n) is 3.91. The predicted octanol–water partition coefficient (Wildman–Crippen LogP) is -7.14. The van der Waals surface area contributed by atoms with E-state index in [-0.39, 0.29) is 27.7 Å². The van der Waals surface area contributed by atoms with Gasteiger partial charge in [-0.15, -0.1) is 0 Å².